The van der Waals surface area contributed by atoms with Crippen molar-refractivity contribution in [1.29, 1.82) is 0 Å². The number of carbonyl (C=O) groups excluding carboxylic acids is 2. The van der Waals surface area contributed by atoms with Gasteiger partial charge in [-0.25, -0.2) is 8.42 Å². The van der Waals surface area contributed by atoms with Gasteiger partial charge in [0.2, 0.25) is 0 Å². The summed E-state index contributed by atoms with van der Waals surface area (Å²) < 4.78 is 35.6. The maximum atomic E-state index is 13.2. The molecular weight excluding hydrogens is 594 g/mol. The first-order valence-corrected chi connectivity index (χ1v) is 14.6. The first-order valence-electron chi connectivity index (χ1n) is 12.3. The molecular formula is C30H28BrN3O5S. The number of amides is 2. The Morgan fingerprint density at radius 1 is 0.800 bits per heavy atom. The van der Waals surface area contributed by atoms with Gasteiger partial charge in [-0.05, 0) is 86.5 Å². The first-order chi connectivity index (χ1) is 19.0. The molecule has 10 heteroatoms. The van der Waals surface area contributed by atoms with Crippen molar-refractivity contribution in [2.24, 2.45) is 0 Å². The summed E-state index contributed by atoms with van der Waals surface area (Å²) >= 11 is 3.34. The van der Waals surface area contributed by atoms with E-state index >= 15 is 0 Å². The number of rotatable bonds is 9. The van der Waals surface area contributed by atoms with Gasteiger partial charge in [0, 0.05) is 15.8 Å². The van der Waals surface area contributed by atoms with Gasteiger partial charge in [-0.1, -0.05) is 51.8 Å². The van der Waals surface area contributed by atoms with Crippen LogP contribution < -0.4 is 20.1 Å². The Morgan fingerprint density at radius 3 is 2.23 bits per heavy atom. The van der Waals surface area contributed by atoms with Crippen LogP contribution >= 0.6 is 15.9 Å². The van der Waals surface area contributed by atoms with Gasteiger partial charge in [0.1, 0.15) is 5.75 Å². The molecule has 0 radical (unpaired) electrons. The van der Waals surface area contributed by atoms with Crippen LogP contribution in [0.3, 0.4) is 0 Å². The molecule has 0 unspecified atom stereocenters. The first kappa shape index (κ1) is 28.8. The molecule has 40 heavy (non-hydrogen) atoms. The maximum Gasteiger partial charge on any atom is 0.262 e. The lowest BCUT2D eigenvalue weighted by atomic mass is 10.1. The van der Waals surface area contributed by atoms with Gasteiger partial charge >= 0.3 is 0 Å². The fourth-order valence-corrected chi connectivity index (χ4v) is 5.61. The summed E-state index contributed by atoms with van der Waals surface area (Å²) in [6.45, 7) is 5.14. The summed E-state index contributed by atoms with van der Waals surface area (Å²) in [7, 11) is -3.93. The van der Waals surface area contributed by atoms with E-state index in [1.807, 2.05) is 26.0 Å². The Kier molecular flexibility index (Phi) is 8.91. The van der Waals surface area contributed by atoms with Crippen molar-refractivity contribution < 1.29 is 22.7 Å². The zero-order valence-electron chi connectivity index (χ0n) is 22.1. The number of carbonyl (C=O) groups is 2. The topological polar surface area (TPSA) is 114 Å². The number of anilines is 3. The van der Waals surface area contributed by atoms with E-state index in [1.165, 1.54) is 6.07 Å². The van der Waals surface area contributed by atoms with E-state index in [0.717, 1.165) is 15.6 Å². The second-order valence-electron chi connectivity index (χ2n) is 9.20. The monoisotopic (exact) mass is 621 g/mol. The number of ether oxygens (including phenoxy) is 1. The third-order valence-electron chi connectivity index (χ3n) is 5.98. The summed E-state index contributed by atoms with van der Waals surface area (Å²) in [5.74, 6) is -0.692. The molecule has 0 atom stereocenters. The lowest BCUT2D eigenvalue weighted by molar-refractivity contribution is -0.118. The number of hydrogen-bond donors (Lipinski definition) is 3. The molecule has 206 valence electrons. The lowest BCUT2D eigenvalue weighted by Crippen LogP contribution is -2.21. The highest BCUT2D eigenvalue weighted by Crippen LogP contribution is 2.26. The number of sulfonamides is 1. The van der Waals surface area contributed by atoms with Crippen molar-refractivity contribution in [3.8, 4) is 5.75 Å². The van der Waals surface area contributed by atoms with Gasteiger partial charge in [-0.15, -0.1) is 0 Å². The molecule has 4 aromatic rings. The second-order valence-corrected chi connectivity index (χ2v) is 11.8. The van der Waals surface area contributed by atoms with E-state index in [0.29, 0.717) is 22.6 Å². The summed E-state index contributed by atoms with van der Waals surface area (Å²) in [5.41, 5.74) is 3.92. The minimum atomic E-state index is -3.93. The van der Waals surface area contributed by atoms with Crippen LogP contribution in [0.1, 0.15) is 27.0 Å². The molecule has 0 saturated heterocycles. The van der Waals surface area contributed by atoms with E-state index < -0.39 is 15.9 Å². The molecule has 8 nitrogen and oxygen atoms in total. The van der Waals surface area contributed by atoms with E-state index in [4.69, 9.17) is 4.74 Å². The summed E-state index contributed by atoms with van der Waals surface area (Å²) in [4.78, 5) is 25.6. The molecule has 0 aliphatic heterocycles. The van der Waals surface area contributed by atoms with Crippen molar-refractivity contribution in [1.82, 2.24) is 0 Å². The van der Waals surface area contributed by atoms with Gasteiger partial charge in [-0.3, -0.25) is 14.3 Å². The zero-order chi connectivity index (χ0) is 28.9. The van der Waals surface area contributed by atoms with Crippen LogP contribution in [0.4, 0.5) is 17.1 Å². The molecule has 0 saturated carbocycles. The molecule has 4 aromatic carbocycles. The number of para-hydroxylation sites is 1. The van der Waals surface area contributed by atoms with Gasteiger partial charge in [-0.2, -0.15) is 0 Å². The van der Waals surface area contributed by atoms with Gasteiger partial charge in [0.05, 0.1) is 16.1 Å². The van der Waals surface area contributed by atoms with Crippen molar-refractivity contribution >= 4 is 54.8 Å². The molecule has 0 spiro atoms. The number of nitrogens with one attached hydrogen (secondary N) is 3. The summed E-state index contributed by atoms with van der Waals surface area (Å²) in [6, 6.07) is 23.7. The molecule has 3 N–H and O–H groups in total. The van der Waals surface area contributed by atoms with Gasteiger partial charge < -0.3 is 15.4 Å². The van der Waals surface area contributed by atoms with E-state index in [2.05, 4.69) is 31.3 Å². The third-order valence-corrected chi connectivity index (χ3v) is 8.02. The fourth-order valence-electron chi connectivity index (χ4n) is 3.95. The highest BCUT2D eigenvalue weighted by Gasteiger charge is 2.20. The third kappa shape index (κ3) is 7.28. The predicted molar refractivity (Wildman–Crippen MR) is 161 cm³/mol. The number of halogens is 1. The highest BCUT2D eigenvalue weighted by atomic mass is 79.9. The summed E-state index contributed by atoms with van der Waals surface area (Å²) in [6.07, 6.45) is 0. The van der Waals surface area contributed by atoms with Gasteiger partial charge in [0.25, 0.3) is 21.8 Å². The average molecular weight is 623 g/mol. The lowest BCUT2D eigenvalue weighted by Gasteiger charge is -2.15. The van der Waals surface area contributed by atoms with Crippen molar-refractivity contribution in [3.05, 3.63) is 112 Å². The molecule has 2 amide bonds. The van der Waals surface area contributed by atoms with Crippen LogP contribution in [0, 0.1) is 20.8 Å². The van der Waals surface area contributed by atoms with Crippen molar-refractivity contribution in [3.63, 3.8) is 0 Å². The molecule has 0 fully saturated rings. The zero-order valence-corrected chi connectivity index (χ0v) is 24.5. The van der Waals surface area contributed by atoms with Crippen LogP contribution in [0.5, 0.6) is 5.75 Å². The van der Waals surface area contributed by atoms with Crippen LogP contribution in [0.25, 0.3) is 0 Å². The van der Waals surface area contributed by atoms with E-state index in [1.54, 1.807) is 73.7 Å². The molecule has 0 bridgehead atoms. The normalized spacial score (nSPS) is 11.0. The van der Waals surface area contributed by atoms with Crippen molar-refractivity contribution in [2.45, 2.75) is 25.7 Å². The molecule has 0 aliphatic rings. The predicted octanol–water partition coefficient (Wildman–Crippen LogP) is 6.44. The Labute approximate surface area is 242 Å². The largest absolute Gasteiger partial charge is 0.483 e. The molecule has 0 heterocycles. The van der Waals surface area contributed by atoms with Gasteiger partial charge in [0.15, 0.2) is 6.61 Å². The molecule has 4 rings (SSSR count). The second kappa shape index (κ2) is 12.4. The van der Waals surface area contributed by atoms with Crippen LogP contribution in [-0.4, -0.2) is 26.8 Å². The molecule has 0 aliphatic carbocycles. The van der Waals surface area contributed by atoms with Crippen LogP contribution in [0.15, 0.2) is 94.3 Å². The van der Waals surface area contributed by atoms with Crippen LogP contribution in [0.2, 0.25) is 0 Å². The van der Waals surface area contributed by atoms with E-state index in [9.17, 15) is 18.0 Å². The van der Waals surface area contributed by atoms with Crippen LogP contribution in [-0.2, 0) is 14.8 Å². The Balaban J connectivity index is 1.47. The standard InChI is InChI=1S/C30H28BrN3O5S/c1-19-8-15-26(21(3)16-19)34-40(37,38)28-17-24(12-9-20(28)2)33-30(36)25-6-4-5-7-27(25)39-18-29(35)32-23-13-10-22(31)11-14-23/h4-17,34H,18H2,1-3H3,(H,32,35)(H,33,36). The van der Waals surface area contributed by atoms with E-state index in [-0.39, 0.29) is 28.7 Å². The number of benzene rings is 4. The minimum absolute atomic E-state index is 0.0411. The number of hydrogen-bond acceptors (Lipinski definition) is 5. The highest BCUT2D eigenvalue weighted by molar-refractivity contribution is 9.10. The minimum Gasteiger partial charge on any atom is -0.483 e. The Hall–Kier alpha value is -4.15. The number of aryl methyl sites for hydroxylation is 3. The Morgan fingerprint density at radius 2 is 1.50 bits per heavy atom. The molecule has 0 aromatic heterocycles. The van der Waals surface area contributed by atoms with Crippen molar-refractivity contribution in [2.75, 3.05) is 22.0 Å². The average Bonchev–Trinajstić information content (AvgIpc) is 2.91. The summed E-state index contributed by atoms with van der Waals surface area (Å²) in [5, 5.41) is 5.47. The Bertz CT molecular complexity index is 1670. The maximum absolute atomic E-state index is 13.2. The SMILES string of the molecule is Cc1ccc(NS(=O)(=O)c2cc(NC(=O)c3ccccc3OCC(=O)Nc3ccc(Br)cc3)ccc2C)c(C)c1. The fraction of sp³-hybridized carbons (Fsp3) is 0.133. The quantitative estimate of drug-likeness (QED) is 0.199. The smallest absolute Gasteiger partial charge is 0.262 e.